The van der Waals surface area contributed by atoms with Crippen LogP contribution in [-0.4, -0.2) is 9.78 Å². The van der Waals surface area contributed by atoms with E-state index >= 15 is 0 Å². The van der Waals surface area contributed by atoms with Gasteiger partial charge in [-0.3, -0.25) is 4.79 Å². The molecule has 0 aromatic carbocycles. The lowest BCUT2D eigenvalue weighted by Gasteiger charge is -2.09. The van der Waals surface area contributed by atoms with Crippen molar-refractivity contribution in [2.75, 3.05) is 5.32 Å². The van der Waals surface area contributed by atoms with E-state index in [4.69, 9.17) is 18.0 Å². The molecule has 0 fully saturated rings. The van der Waals surface area contributed by atoms with Crippen molar-refractivity contribution in [1.82, 2.24) is 9.78 Å². The molecular weight excluding hydrogens is 282 g/mol. The minimum absolute atomic E-state index is 0.127. The van der Waals surface area contributed by atoms with Crippen molar-refractivity contribution in [3.63, 3.8) is 0 Å². The van der Waals surface area contributed by atoms with Gasteiger partial charge in [0.1, 0.15) is 12.2 Å². The Bertz CT molecular complexity index is 684. The summed E-state index contributed by atoms with van der Waals surface area (Å²) in [5, 5.41) is 11.3. The Morgan fingerprint density at radius 3 is 3.00 bits per heavy atom. The molecule has 0 aliphatic heterocycles. The van der Waals surface area contributed by atoms with Crippen LogP contribution in [0.3, 0.4) is 0 Å². The molecule has 0 aliphatic carbocycles. The number of nitrogens with one attached hydrogen (secondary N) is 1. The summed E-state index contributed by atoms with van der Waals surface area (Å²) in [4.78, 5) is 12.1. The molecule has 0 saturated carbocycles. The number of aryl methyl sites for hydroxylation is 1. The maximum Gasteiger partial charge on any atom is 0.292 e. The fourth-order valence-electron chi connectivity index (χ4n) is 1.58. The Morgan fingerprint density at radius 2 is 2.37 bits per heavy atom. The number of aromatic nitrogens is 2. The molecule has 2 heterocycles. The number of halogens is 1. The van der Waals surface area contributed by atoms with E-state index in [0.717, 1.165) is 5.56 Å². The normalized spacial score (nSPS) is 10.2. The third-order valence-corrected chi connectivity index (χ3v) is 3.85. The van der Waals surface area contributed by atoms with E-state index in [2.05, 4.69) is 21.7 Å². The quantitative estimate of drug-likeness (QED) is 0.881. The van der Waals surface area contributed by atoms with E-state index < -0.39 is 0 Å². The van der Waals surface area contributed by atoms with Gasteiger partial charge in [0, 0.05) is 6.54 Å². The van der Waals surface area contributed by atoms with Crippen molar-refractivity contribution in [3.05, 3.63) is 43.5 Å². The molecule has 2 aromatic rings. The molecule has 0 unspecified atom stereocenters. The minimum Gasteiger partial charge on any atom is -0.375 e. The zero-order valence-electron chi connectivity index (χ0n) is 10.3. The van der Waals surface area contributed by atoms with E-state index in [1.165, 1.54) is 16.4 Å². The van der Waals surface area contributed by atoms with Gasteiger partial charge < -0.3 is 5.32 Å². The van der Waals surface area contributed by atoms with Crippen LogP contribution in [-0.2, 0) is 13.1 Å². The fraction of sp³-hybridized carbons (Fsp3) is 0.231. The van der Waals surface area contributed by atoms with Crippen LogP contribution < -0.4 is 10.9 Å². The summed E-state index contributed by atoms with van der Waals surface area (Å²) in [7, 11) is 0. The summed E-state index contributed by atoms with van der Waals surface area (Å²) < 4.78 is 1.20. The summed E-state index contributed by atoms with van der Waals surface area (Å²) in [5.41, 5.74) is 2.35. The molecule has 2 aromatic heterocycles. The number of hydrogen-bond acceptors (Lipinski definition) is 4. The van der Waals surface area contributed by atoms with Crippen LogP contribution in [0.25, 0.3) is 0 Å². The Hall–Kier alpha value is -1.77. The highest BCUT2D eigenvalue weighted by Crippen LogP contribution is 2.18. The Balaban J connectivity index is 2.25. The van der Waals surface area contributed by atoms with E-state index in [1.807, 2.05) is 12.3 Å². The van der Waals surface area contributed by atoms with Crippen LogP contribution >= 0.6 is 22.9 Å². The van der Waals surface area contributed by atoms with E-state index in [0.29, 0.717) is 17.3 Å². The maximum absolute atomic E-state index is 12.1. The van der Waals surface area contributed by atoms with Crippen molar-refractivity contribution in [2.24, 2.45) is 0 Å². The largest absolute Gasteiger partial charge is 0.375 e. The van der Waals surface area contributed by atoms with Crippen molar-refractivity contribution >= 4 is 28.6 Å². The highest BCUT2D eigenvalue weighted by atomic mass is 35.5. The molecule has 1 N–H and O–H groups in total. The lowest BCUT2D eigenvalue weighted by Crippen LogP contribution is -2.25. The highest BCUT2D eigenvalue weighted by Gasteiger charge is 2.10. The van der Waals surface area contributed by atoms with E-state index in [1.54, 1.807) is 11.3 Å². The Labute approximate surface area is 120 Å². The van der Waals surface area contributed by atoms with Gasteiger partial charge in [-0.2, -0.15) is 16.4 Å². The van der Waals surface area contributed by atoms with Gasteiger partial charge in [-0.1, -0.05) is 17.5 Å². The molecule has 6 heteroatoms. The van der Waals surface area contributed by atoms with Gasteiger partial charge in [0.25, 0.3) is 5.56 Å². The van der Waals surface area contributed by atoms with Gasteiger partial charge in [0.2, 0.25) is 0 Å². The summed E-state index contributed by atoms with van der Waals surface area (Å²) in [6, 6.07) is 0. The zero-order chi connectivity index (χ0) is 13.8. The smallest absolute Gasteiger partial charge is 0.292 e. The first-order valence-corrected chi connectivity index (χ1v) is 6.90. The van der Waals surface area contributed by atoms with Gasteiger partial charge in [0.05, 0.1) is 11.2 Å². The second-order valence-corrected chi connectivity index (χ2v) is 5.12. The molecule has 19 heavy (non-hydrogen) atoms. The third kappa shape index (κ3) is 2.98. The third-order valence-electron chi connectivity index (χ3n) is 2.66. The topological polar surface area (TPSA) is 46.9 Å². The molecule has 0 radical (unpaired) electrons. The number of anilines is 1. The molecule has 0 aliphatic rings. The summed E-state index contributed by atoms with van der Waals surface area (Å²) >= 11 is 7.62. The lowest BCUT2D eigenvalue weighted by atomic mass is 10.2. The van der Waals surface area contributed by atoms with Crippen molar-refractivity contribution < 1.29 is 0 Å². The average molecular weight is 294 g/mol. The average Bonchev–Trinajstić information content (AvgIpc) is 2.79. The molecule has 0 saturated heterocycles. The van der Waals surface area contributed by atoms with Crippen LogP contribution in [0.5, 0.6) is 0 Å². The predicted molar refractivity (Wildman–Crippen MR) is 78.7 cm³/mol. The molecule has 0 atom stereocenters. The first kappa shape index (κ1) is 13.7. The van der Waals surface area contributed by atoms with Crippen LogP contribution in [0.1, 0.15) is 11.1 Å². The van der Waals surface area contributed by atoms with Crippen molar-refractivity contribution in [1.29, 1.82) is 0 Å². The van der Waals surface area contributed by atoms with Crippen LogP contribution in [0.2, 0.25) is 5.02 Å². The van der Waals surface area contributed by atoms with Gasteiger partial charge in [0.15, 0.2) is 0 Å². The maximum atomic E-state index is 12.1. The Morgan fingerprint density at radius 1 is 1.58 bits per heavy atom. The predicted octanol–water partition coefficient (Wildman–Crippen LogP) is 2.51. The van der Waals surface area contributed by atoms with Gasteiger partial charge in [-0.15, -0.1) is 6.42 Å². The van der Waals surface area contributed by atoms with Crippen LogP contribution in [0.15, 0.2) is 21.8 Å². The lowest BCUT2D eigenvalue weighted by molar-refractivity contribution is 0.664. The second-order valence-electron chi connectivity index (χ2n) is 3.97. The molecule has 4 nitrogen and oxygen atoms in total. The first-order chi connectivity index (χ1) is 9.13. The summed E-state index contributed by atoms with van der Waals surface area (Å²) in [5.74, 6) is 2.38. The SMILES string of the molecule is C#CCn1ncc(Cl)c(NCc2cscc2C)c1=O. The van der Waals surface area contributed by atoms with E-state index in [9.17, 15) is 4.79 Å². The highest BCUT2D eigenvalue weighted by molar-refractivity contribution is 7.08. The number of terminal acetylenes is 1. The van der Waals surface area contributed by atoms with Crippen molar-refractivity contribution in [3.8, 4) is 12.3 Å². The molecular formula is C13H12ClN3OS. The number of thiophene rings is 1. The number of hydrogen-bond donors (Lipinski definition) is 1. The number of rotatable bonds is 4. The minimum atomic E-state index is -0.307. The zero-order valence-corrected chi connectivity index (χ0v) is 11.9. The van der Waals surface area contributed by atoms with E-state index in [-0.39, 0.29) is 12.1 Å². The molecule has 2 rings (SSSR count). The standard InChI is InChI=1S/C13H12ClN3OS/c1-3-4-17-13(18)12(11(14)6-16-17)15-5-10-8-19-7-9(10)2/h1,6-8,15H,4-5H2,2H3. The molecule has 98 valence electrons. The fourth-order valence-corrected chi connectivity index (χ4v) is 2.63. The van der Waals surface area contributed by atoms with Gasteiger partial charge >= 0.3 is 0 Å². The van der Waals surface area contributed by atoms with Crippen LogP contribution in [0.4, 0.5) is 5.69 Å². The van der Waals surface area contributed by atoms with Crippen molar-refractivity contribution in [2.45, 2.75) is 20.0 Å². The van der Waals surface area contributed by atoms with Gasteiger partial charge in [-0.05, 0) is 28.8 Å². The molecule has 0 spiro atoms. The summed E-state index contributed by atoms with van der Waals surface area (Å²) in [6.45, 7) is 2.70. The summed E-state index contributed by atoms with van der Waals surface area (Å²) in [6.07, 6.45) is 6.61. The number of nitrogens with zero attached hydrogens (tertiary/aromatic N) is 2. The monoisotopic (exact) mass is 293 g/mol. The van der Waals surface area contributed by atoms with Crippen LogP contribution in [0, 0.1) is 19.3 Å². The first-order valence-electron chi connectivity index (χ1n) is 5.58. The van der Waals surface area contributed by atoms with Gasteiger partial charge in [-0.25, -0.2) is 4.68 Å². The Kier molecular flexibility index (Phi) is 4.25. The molecule has 0 bridgehead atoms. The second kappa shape index (κ2) is 5.91. The molecule has 0 amide bonds.